The number of carboxylic acids is 1. The Hall–Kier alpha value is -3.79. The molecule has 35 heavy (non-hydrogen) atoms. The van der Waals surface area contributed by atoms with Crippen LogP contribution in [0.25, 0.3) is 28.0 Å². The number of carbonyl (C=O) groups is 1. The smallest absolute Gasteiger partial charge is 0.354 e. The summed E-state index contributed by atoms with van der Waals surface area (Å²) in [5.41, 5.74) is 15.1. The lowest BCUT2D eigenvalue weighted by Gasteiger charge is -2.22. The van der Waals surface area contributed by atoms with Gasteiger partial charge in [0.15, 0.2) is 0 Å². The molecule has 9 nitrogen and oxygen atoms in total. The lowest BCUT2D eigenvalue weighted by atomic mass is 10.1. The van der Waals surface area contributed by atoms with Gasteiger partial charge in [0, 0.05) is 23.8 Å². The Morgan fingerprint density at radius 3 is 2.26 bits per heavy atom. The third-order valence-electron chi connectivity index (χ3n) is 5.93. The van der Waals surface area contributed by atoms with Gasteiger partial charge in [-0.1, -0.05) is 24.3 Å². The summed E-state index contributed by atoms with van der Waals surface area (Å²) in [6.45, 7) is 3.96. The van der Waals surface area contributed by atoms with Gasteiger partial charge in [-0.05, 0) is 80.5 Å². The average Bonchev–Trinajstić information content (AvgIpc) is 3.28. The maximum atomic E-state index is 12.7. The van der Waals surface area contributed by atoms with E-state index in [1.807, 2.05) is 30.3 Å². The van der Waals surface area contributed by atoms with Crippen LogP contribution in [0.3, 0.4) is 0 Å². The topological polar surface area (TPSA) is 143 Å². The zero-order chi connectivity index (χ0) is 24.8. The molecule has 0 atom stereocenters. The predicted molar refractivity (Wildman–Crippen MR) is 137 cm³/mol. The summed E-state index contributed by atoms with van der Waals surface area (Å²) >= 11 is 0. The lowest BCUT2D eigenvalue weighted by molar-refractivity contribution is 0.0697. The average molecular weight is 475 g/mol. The zero-order valence-electron chi connectivity index (χ0n) is 19.5. The molecule has 9 heteroatoms. The monoisotopic (exact) mass is 474 g/mol. The van der Waals surface area contributed by atoms with E-state index < -0.39 is 5.97 Å². The third-order valence-corrected chi connectivity index (χ3v) is 5.93. The van der Waals surface area contributed by atoms with Gasteiger partial charge in [0.25, 0.3) is 0 Å². The van der Waals surface area contributed by atoms with Crippen molar-refractivity contribution in [2.45, 2.75) is 19.4 Å². The Labute approximate surface area is 203 Å². The molecule has 0 fully saturated rings. The minimum atomic E-state index is -0.975. The molecule has 0 spiro atoms. The first-order valence-corrected chi connectivity index (χ1v) is 11.7. The van der Waals surface area contributed by atoms with Crippen LogP contribution in [0.2, 0.25) is 0 Å². The highest BCUT2D eigenvalue weighted by atomic mass is 16.4. The van der Waals surface area contributed by atoms with Crippen LogP contribution < -0.4 is 17.2 Å². The number of carboxylic acid groups (broad SMARTS) is 1. The number of H-pyrrole nitrogens is 1. The summed E-state index contributed by atoms with van der Waals surface area (Å²) < 4.78 is 1.53. The van der Waals surface area contributed by atoms with Crippen LogP contribution in [-0.2, 0) is 6.54 Å². The standard InChI is InChI=1S/C26H30N6O3/c27-11-1-13-31(14-2-12-28)16-18-3-9-22(10-4-18)32-17-21-15-23(29-24(21)30-26(32)35)19-5-7-20(8-6-19)25(33)34/h3-10,15,17H,1-2,11-14,16,27-28H2,(H,33,34)(H,29,30,35). The Kier molecular flexibility index (Phi) is 7.71. The molecule has 0 aliphatic rings. The summed E-state index contributed by atoms with van der Waals surface area (Å²) in [7, 11) is 0. The lowest BCUT2D eigenvalue weighted by Crippen LogP contribution is -2.28. The quantitative estimate of drug-likeness (QED) is 0.262. The van der Waals surface area contributed by atoms with E-state index in [2.05, 4.69) is 14.9 Å². The number of fused-ring (bicyclic) bond motifs is 1. The van der Waals surface area contributed by atoms with Gasteiger partial charge < -0.3 is 21.6 Å². The fourth-order valence-corrected chi connectivity index (χ4v) is 4.05. The van der Waals surface area contributed by atoms with Crippen molar-refractivity contribution in [3.63, 3.8) is 0 Å². The first-order chi connectivity index (χ1) is 17.0. The van der Waals surface area contributed by atoms with Crippen LogP contribution in [0.15, 0.2) is 65.6 Å². The fourth-order valence-electron chi connectivity index (χ4n) is 4.05. The van der Waals surface area contributed by atoms with Gasteiger partial charge in [-0.3, -0.25) is 9.47 Å². The molecule has 2 aromatic heterocycles. The van der Waals surface area contributed by atoms with Crippen molar-refractivity contribution in [2.24, 2.45) is 11.5 Å². The number of nitrogens with one attached hydrogen (secondary N) is 1. The Morgan fingerprint density at radius 2 is 1.66 bits per heavy atom. The first-order valence-electron chi connectivity index (χ1n) is 11.7. The number of aromatic nitrogens is 3. The molecule has 0 aliphatic carbocycles. The summed E-state index contributed by atoms with van der Waals surface area (Å²) in [6.07, 6.45) is 3.64. The van der Waals surface area contributed by atoms with E-state index in [0.717, 1.165) is 60.4 Å². The second kappa shape index (κ2) is 11.1. The van der Waals surface area contributed by atoms with E-state index in [9.17, 15) is 9.59 Å². The highest BCUT2D eigenvalue weighted by Gasteiger charge is 2.11. The van der Waals surface area contributed by atoms with E-state index >= 15 is 0 Å². The Balaban J connectivity index is 1.55. The van der Waals surface area contributed by atoms with Crippen LogP contribution in [0, 0.1) is 0 Å². The largest absolute Gasteiger partial charge is 0.478 e. The fraction of sp³-hybridized carbons (Fsp3) is 0.269. The van der Waals surface area contributed by atoms with E-state index in [-0.39, 0.29) is 11.3 Å². The van der Waals surface area contributed by atoms with Gasteiger partial charge in [-0.15, -0.1) is 0 Å². The van der Waals surface area contributed by atoms with Crippen molar-refractivity contribution < 1.29 is 9.90 Å². The highest BCUT2D eigenvalue weighted by molar-refractivity contribution is 5.89. The molecular formula is C26H30N6O3. The molecular weight excluding hydrogens is 444 g/mol. The molecule has 4 aromatic rings. The van der Waals surface area contributed by atoms with Gasteiger partial charge in [-0.2, -0.15) is 4.98 Å². The van der Waals surface area contributed by atoms with Gasteiger partial charge in [0.2, 0.25) is 0 Å². The van der Waals surface area contributed by atoms with Gasteiger partial charge in [0.1, 0.15) is 5.65 Å². The number of nitrogens with zero attached hydrogens (tertiary/aromatic N) is 3. The van der Waals surface area contributed by atoms with Gasteiger partial charge >= 0.3 is 11.7 Å². The number of nitrogens with two attached hydrogens (primary N) is 2. The minimum absolute atomic E-state index is 0.216. The molecule has 6 N–H and O–H groups in total. The molecule has 0 bridgehead atoms. The SMILES string of the molecule is NCCCN(CCCN)Cc1ccc(-n2cc3cc(-c4ccc(C(=O)O)cc4)[nH]c3nc2=O)cc1. The number of aromatic amines is 1. The normalized spacial score (nSPS) is 11.4. The molecule has 2 aromatic carbocycles. The van der Waals surface area contributed by atoms with Crippen LogP contribution in [0.5, 0.6) is 0 Å². The van der Waals surface area contributed by atoms with Crippen LogP contribution in [0.4, 0.5) is 0 Å². The van der Waals surface area contributed by atoms with E-state index in [1.165, 1.54) is 4.57 Å². The Bertz CT molecular complexity index is 1330. The number of rotatable bonds is 11. The number of benzene rings is 2. The van der Waals surface area contributed by atoms with Crippen molar-refractivity contribution in [1.82, 2.24) is 19.4 Å². The molecule has 182 valence electrons. The van der Waals surface area contributed by atoms with Crippen molar-refractivity contribution in [3.05, 3.63) is 82.4 Å². The van der Waals surface area contributed by atoms with Crippen molar-refractivity contribution >= 4 is 17.0 Å². The van der Waals surface area contributed by atoms with E-state index in [1.54, 1.807) is 30.5 Å². The summed E-state index contributed by atoms with van der Waals surface area (Å²) in [5.74, 6) is -0.975. The van der Waals surface area contributed by atoms with Gasteiger partial charge in [-0.25, -0.2) is 9.59 Å². The first kappa shape index (κ1) is 24.3. The Morgan fingerprint density at radius 1 is 1.00 bits per heavy atom. The number of hydrogen-bond donors (Lipinski definition) is 4. The van der Waals surface area contributed by atoms with Crippen LogP contribution in [0.1, 0.15) is 28.8 Å². The third kappa shape index (κ3) is 5.83. The number of hydrogen-bond acceptors (Lipinski definition) is 6. The molecule has 0 saturated heterocycles. The molecule has 4 rings (SSSR count). The van der Waals surface area contributed by atoms with E-state index in [0.29, 0.717) is 18.7 Å². The van der Waals surface area contributed by atoms with Crippen molar-refractivity contribution in [2.75, 3.05) is 26.2 Å². The molecule has 0 amide bonds. The minimum Gasteiger partial charge on any atom is -0.478 e. The summed E-state index contributed by atoms with van der Waals surface area (Å²) in [6, 6.07) is 16.3. The second-order valence-corrected chi connectivity index (χ2v) is 8.49. The van der Waals surface area contributed by atoms with Crippen LogP contribution in [-0.4, -0.2) is 56.7 Å². The van der Waals surface area contributed by atoms with Crippen molar-refractivity contribution in [1.29, 1.82) is 0 Å². The van der Waals surface area contributed by atoms with Gasteiger partial charge in [0.05, 0.1) is 11.3 Å². The molecule has 0 aliphatic heterocycles. The van der Waals surface area contributed by atoms with Crippen molar-refractivity contribution in [3.8, 4) is 16.9 Å². The maximum absolute atomic E-state index is 12.7. The molecule has 0 unspecified atom stereocenters. The molecule has 0 radical (unpaired) electrons. The maximum Gasteiger partial charge on any atom is 0.354 e. The summed E-state index contributed by atoms with van der Waals surface area (Å²) in [4.78, 5) is 33.5. The summed E-state index contributed by atoms with van der Waals surface area (Å²) in [5, 5.41) is 9.87. The molecule has 0 saturated carbocycles. The van der Waals surface area contributed by atoms with E-state index in [4.69, 9.17) is 16.6 Å². The molecule has 2 heterocycles. The predicted octanol–water partition coefficient (Wildman–Crippen LogP) is 2.58. The zero-order valence-corrected chi connectivity index (χ0v) is 19.5. The highest BCUT2D eigenvalue weighted by Crippen LogP contribution is 2.23. The number of aromatic carboxylic acids is 1. The van der Waals surface area contributed by atoms with Crippen LogP contribution >= 0.6 is 0 Å². The second-order valence-electron chi connectivity index (χ2n) is 8.49.